The van der Waals surface area contributed by atoms with Gasteiger partial charge >= 0.3 is 18.2 Å². The second-order valence-corrected chi connectivity index (χ2v) is 8.29. The van der Waals surface area contributed by atoms with Crippen molar-refractivity contribution in [1.29, 1.82) is 0 Å². The topological polar surface area (TPSA) is 60.2 Å². The van der Waals surface area contributed by atoms with Gasteiger partial charge in [0.25, 0.3) is 0 Å². The Hall–Kier alpha value is -2.04. The van der Waals surface area contributed by atoms with Gasteiger partial charge in [-0.3, -0.25) is 0 Å². The predicted molar refractivity (Wildman–Crippen MR) is 77.1 cm³/mol. The van der Waals surface area contributed by atoms with Gasteiger partial charge < -0.3 is 4.42 Å². The van der Waals surface area contributed by atoms with Gasteiger partial charge in [0, 0.05) is 0 Å². The number of halogens is 6. The number of aromatic nitrogens is 1. The lowest BCUT2D eigenvalue weighted by Crippen LogP contribution is -2.14. The molecule has 0 saturated heterocycles. The third kappa shape index (κ3) is 3.87. The van der Waals surface area contributed by atoms with Crippen molar-refractivity contribution in [2.75, 3.05) is 0 Å². The van der Waals surface area contributed by atoms with Crippen LogP contribution in [-0.4, -0.2) is 13.4 Å². The summed E-state index contributed by atoms with van der Waals surface area (Å²) in [7, 11) is -4.98. The van der Waals surface area contributed by atoms with E-state index in [2.05, 4.69) is 9.40 Å². The van der Waals surface area contributed by atoms with Crippen molar-refractivity contribution in [3.05, 3.63) is 41.5 Å². The first-order valence-corrected chi connectivity index (χ1v) is 8.54. The minimum atomic E-state index is -5.47. The Balaban J connectivity index is 2.64. The van der Waals surface area contributed by atoms with E-state index in [1.54, 1.807) is 0 Å². The first-order valence-electron chi connectivity index (χ1n) is 7.05. The second kappa shape index (κ2) is 6.00. The molecule has 0 saturated carbocycles. The van der Waals surface area contributed by atoms with Crippen LogP contribution in [0.1, 0.15) is 38.0 Å². The average Bonchev–Trinajstić information content (AvgIpc) is 2.92. The zero-order valence-corrected chi connectivity index (χ0v) is 14.5. The van der Waals surface area contributed by atoms with E-state index >= 15 is 0 Å². The quantitative estimate of drug-likeness (QED) is 0.676. The second-order valence-electron chi connectivity index (χ2n) is 6.43. The molecule has 26 heavy (non-hydrogen) atoms. The van der Waals surface area contributed by atoms with E-state index in [1.165, 1.54) is 12.1 Å². The Morgan fingerprint density at radius 2 is 1.38 bits per heavy atom. The van der Waals surface area contributed by atoms with Gasteiger partial charge in [0.15, 0.2) is 0 Å². The van der Waals surface area contributed by atoms with E-state index < -0.39 is 43.8 Å². The molecule has 0 radical (unpaired) electrons. The maximum absolute atomic E-state index is 13.0. The Labute approximate surface area is 144 Å². The van der Waals surface area contributed by atoms with Crippen LogP contribution in [0, 0.1) is 0 Å². The molecule has 2 aromatic rings. The van der Waals surface area contributed by atoms with E-state index in [-0.39, 0.29) is 5.41 Å². The highest BCUT2D eigenvalue weighted by Crippen LogP contribution is 2.40. The highest BCUT2D eigenvalue weighted by molar-refractivity contribution is 7.91. The molecule has 2 rings (SSSR count). The maximum atomic E-state index is 13.0. The first kappa shape index (κ1) is 20.3. The summed E-state index contributed by atoms with van der Waals surface area (Å²) in [4.78, 5) is 1.94. The molecule has 0 atom stereocenters. The summed E-state index contributed by atoms with van der Waals surface area (Å²) >= 11 is 0. The number of hydrogen-bond donors (Lipinski definition) is 0. The number of alkyl halides is 6. The molecule has 0 unspecified atom stereocenters. The zero-order valence-electron chi connectivity index (χ0n) is 13.7. The molecule has 1 aromatic carbocycles. The van der Waals surface area contributed by atoms with Crippen LogP contribution in [0.2, 0.25) is 0 Å². The molecule has 0 fully saturated rings. The Kier molecular flexibility index (Phi) is 4.68. The standard InChI is InChI=1S/C15H13F6NO3S/c1-13(2,3)8-4-6-9(7-5-8)26(23,24)11-10(14(16,17)18)25-12(22-11)15(19,20)21/h4-7H,1-3H3. The van der Waals surface area contributed by atoms with E-state index in [0.717, 1.165) is 12.1 Å². The van der Waals surface area contributed by atoms with Crippen molar-refractivity contribution in [2.24, 2.45) is 0 Å². The van der Waals surface area contributed by atoms with Crippen molar-refractivity contribution in [1.82, 2.24) is 4.98 Å². The molecule has 4 nitrogen and oxygen atoms in total. The summed E-state index contributed by atoms with van der Waals surface area (Å²) in [5.74, 6) is -4.60. The molecule has 0 aliphatic heterocycles. The lowest BCUT2D eigenvalue weighted by molar-refractivity contribution is -0.173. The molecule has 0 aliphatic carbocycles. The fourth-order valence-electron chi connectivity index (χ4n) is 2.03. The first-order chi connectivity index (χ1) is 11.5. The van der Waals surface area contributed by atoms with Gasteiger partial charge in [0.2, 0.25) is 20.6 Å². The number of benzene rings is 1. The van der Waals surface area contributed by atoms with Crippen LogP contribution >= 0.6 is 0 Å². The molecular formula is C15H13F6NO3S. The number of rotatable bonds is 2. The maximum Gasteiger partial charge on any atom is 0.468 e. The van der Waals surface area contributed by atoms with Gasteiger partial charge in [-0.05, 0) is 23.1 Å². The molecular weight excluding hydrogens is 388 g/mol. The van der Waals surface area contributed by atoms with Gasteiger partial charge in [-0.25, -0.2) is 8.42 Å². The summed E-state index contributed by atoms with van der Waals surface area (Å²) in [5.41, 5.74) is 0.320. The molecule has 1 aromatic heterocycles. The van der Waals surface area contributed by atoms with Crippen LogP contribution in [0.15, 0.2) is 38.6 Å². The molecule has 0 amide bonds. The molecule has 144 valence electrons. The van der Waals surface area contributed by atoms with Gasteiger partial charge in [0.05, 0.1) is 4.90 Å². The fourth-order valence-corrected chi connectivity index (χ4v) is 3.36. The van der Waals surface area contributed by atoms with Crippen molar-refractivity contribution in [3.63, 3.8) is 0 Å². The Morgan fingerprint density at radius 3 is 1.77 bits per heavy atom. The summed E-state index contributed by atoms with van der Waals surface area (Å²) in [5, 5.41) is -1.82. The SMILES string of the molecule is CC(C)(C)c1ccc(S(=O)(=O)c2nc(C(F)(F)F)oc2C(F)(F)F)cc1. The number of nitrogens with zero attached hydrogens (tertiary/aromatic N) is 1. The molecule has 0 N–H and O–H groups in total. The summed E-state index contributed by atoms with van der Waals surface area (Å²) < 4.78 is 105. The molecule has 0 spiro atoms. The van der Waals surface area contributed by atoms with E-state index in [1.807, 2.05) is 20.8 Å². The van der Waals surface area contributed by atoms with Crippen LogP contribution in [0.3, 0.4) is 0 Å². The molecule has 11 heteroatoms. The zero-order chi connectivity index (χ0) is 20.1. The highest BCUT2D eigenvalue weighted by atomic mass is 32.2. The lowest BCUT2D eigenvalue weighted by atomic mass is 9.87. The lowest BCUT2D eigenvalue weighted by Gasteiger charge is -2.19. The van der Waals surface area contributed by atoms with Gasteiger partial charge in [-0.2, -0.15) is 31.3 Å². The van der Waals surface area contributed by atoms with Crippen LogP contribution < -0.4 is 0 Å². The number of sulfone groups is 1. The van der Waals surface area contributed by atoms with Crippen molar-refractivity contribution in [3.8, 4) is 0 Å². The van der Waals surface area contributed by atoms with Crippen molar-refractivity contribution < 1.29 is 39.2 Å². The molecule has 1 heterocycles. The van der Waals surface area contributed by atoms with E-state index in [9.17, 15) is 34.8 Å². The van der Waals surface area contributed by atoms with Crippen LogP contribution in [0.4, 0.5) is 26.3 Å². The number of hydrogen-bond acceptors (Lipinski definition) is 4. The summed E-state index contributed by atoms with van der Waals surface area (Å²) in [6.45, 7) is 5.47. The van der Waals surface area contributed by atoms with Crippen LogP contribution in [-0.2, 0) is 27.6 Å². The third-order valence-corrected chi connectivity index (χ3v) is 5.06. The molecule has 0 bridgehead atoms. The van der Waals surface area contributed by atoms with Crippen molar-refractivity contribution >= 4 is 9.84 Å². The Morgan fingerprint density at radius 1 is 0.885 bits per heavy atom. The smallest absolute Gasteiger partial charge is 0.427 e. The third-order valence-electron chi connectivity index (χ3n) is 3.38. The van der Waals surface area contributed by atoms with Gasteiger partial charge in [-0.15, -0.1) is 0 Å². The van der Waals surface area contributed by atoms with Crippen LogP contribution in [0.25, 0.3) is 0 Å². The predicted octanol–water partition coefficient (Wildman–Crippen LogP) is 4.84. The Bertz CT molecular complexity index is 903. The summed E-state index contributed by atoms with van der Waals surface area (Å²) in [6, 6.07) is 4.76. The fraction of sp³-hybridized carbons (Fsp3) is 0.400. The van der Waals surface area contributed by atoms with Gasteiger partial charge in [-0.1, -0.05) is 32.9 Å². The minimum Gasteiger partial charge on any atom is -0.427 e. The monoisotopic (exact) mass is 401 g/mol. The highest BCUT2D eigenvalue weighted by Gasteiger charge is 2.48. The van der Waals surface area contributed by atoms with Crippen molar-refractivity contribution in [2.45, 2.75) is 48.5 Å². The van der Waals surface area contributed by atoms with E-state index in [0.29, 0.717) is 5.56 Å². The van der Waals surface area contributed by atoms with Gasteiger partial charge in [0.1, 0.15) is 0 Å². The largest absolute Gasteiger partial charge is 0.468 e. The number of oxazole rings is 1. The molecule has 0 aliphatic rings. The normalized spacial score (nSPS) is 13.9. The van der Waals surface area contributed by atoms with E-state index in [4.69, 9.17) is 0 Å². The average molecular weight is 401 g/mol. The minimum absolute atomic E-state index is 0.364. The van der Waals surface area contributed by atoms with Crippen LogP contribution in [0.5, 0.6) is 0 Å². The summed E-state index contributed by atoms with van der Waals surface area (Å²) in [6.07, 6.45) is -10.8.